The lowest BCUT2D eigenvalue weighted by Gasteiger charge is -2.00. The van der Waals surface area contributed by atoms with Crippen molar-refractivity contribution >= 4 is 11.7 Å². The molecule has 0 aliphatic carbocycles. The quantitative estimate of drug-likeness (QED) is 0.324. The van der Waals surface area contributed by atoms with Crippen molar-refractivity contribution in [1.29, 1.82) is 0 Å². The molecular formula is C18H31NO3. The van der Waals surface area contributed by atoms with Crippen molar-refractivity contribution in [3.63, 3.8) is 0 Å². The second-order valence-electron chi connectivity index (χ2n) is 5.56. The highest BCUT2D eigenvalue weighted by Gasteiger charge is 1.96. The number of phenols is 1. The zero-order chi connectivity index (χ0) is 16.6. The molecule has 1 rings (SSSR count). The molecular weight excluding hydrogens is 278 g/mol. The molecule has 0 amide bonds. The van der Waals surface area contributed by atoms with Crippen LogP contribution in [-0.2, 0) is 4.79 Å². The number of anilines is 1. The summed E-state index contributed by atoms with van der Waals surface area (Å²) in [6, 6.07) is 6.40. The van der Waals surface area contributed by atoms with Gasteiger partial charge in [0.25, 0.3) is 0 Å². The number of aliphatic carboxylic acids is 1. The molecule has 0 heterocycles. The number of phenolic OH excluding ortho intramolecular Hbond substituents is 1. The first-order valence-corrected chi connectivity index (χ1v) is 8.32. The number of rotatable bonds is 10. The molecule has 4 N–H and O–H groups in total. The van der Waals surface area contributed by atoms with E-state index in [1.54, 1.807) is 24.3 Å². The predicted octanol–water partition coefficient (Wildman–Crippen LogP) is 4.97. The largest absolute Gasteiger partial charge is 0.508 e. The minimum absolute atomic E-state index is 0.249. The smallest absolute Gasteiger partial charge is 0.303 e. The van der Waals surface area contributed by atoms with E-state index >= 15 is 0 Å². The van der Waals surface area contributed by atoms with Crippen LogP contribution in [0.3, 0.4) is 0 Å². The van der Waals surface area contributed by atoms with Crippen molar-refractivity contribution in [2.24, 2.45) is 0 Å². The normalized spacial score (nSPS) is 9.86. The van der Waals surface area contributed by atoms with Gasteiger partial charge in [-0.3, -0.25) is 4.79 Å². The maximum absolute atomic E-state index is 10.2. The van der Waals surface area contributed by atoms with Gasteiger partial charge in [0, 0.05) is 12.1 Å². The Morgan fingerprint density at radius 2 is 1.36 bits per heavy atom. The number of nitrogens with two attached hydrogens (primary N) is 1. The molecule has 0 aromatic heterocycles. The molecule has 1 aromatic carbocycles. The van der Waals surface area contributed by atoms with Gasteiger partial charge in [-0.15, -0.1) is 0 Å². The van der Waals surface area contributed by atoms with Crippen LogP contribution in [0.5, 0.6) is 5.75 Å². The molecule has 0 saturated heterocycles. The average molecular weight is 309 g/mol. The average Bonchev–Trinajstić information content (AvgIpc) is 2.49. The summed E-state index contributed by atoms with van der Waals surface area (Å²) in [4.78, 5) is 10.2. The second kappa shape index (κ2) is 14.2. The fraction of sp³-hybridized carbons (Fsp3) is 0.611. The summed E-state index contributed by atoms with van der Waals surface area (Å²) in [5, 5.41) is 17.1. The highest BCUT2D eigenvalue weighted by Crippen LogP contribution is 2.10. The van der Waals surface area contributed by atoms with Crippen LogP contribution in [0.15, 0.2) is 24.3 Å². The third kappa shape index (κ3) is 14.7. The van der Waals surface area contributed by atoms with Crippen LogP contribution in [-0.4, -0.2) is 16.2 Å². The van der Waals surface area contributed by atoms with E-state index < -0.39 is 5.97 Å². The Morgan fingerprint density at radius 1 is 0.909 bits per heavy atom. The molecule has 0 fully saturated rings. The van der Waals surface area contributed by atoms with Crippen LogP contribution in [0.25, 0.3) is 0 Å². The van der Waals surface area contributed by atoms with Gasteiger partial charge in [0.1, 0.15) is 5.75 Å². The molecule has 4 heteroatoms. The lowest BCUT2D eigenvalue weighted by molar-refractivity contribution is -0.137. The number of carboxylic acids is 1. The van der Waals surface area contributed by atoms with Crippen molar-refractivity contribution in [3.8, 4) is 5.75 Å². The lowest BCUT2D eigenvalue weighted by Crippen LogP contribution is -1.93. The zero-order valence-electron chi connectivity index (χ0n) is 13.8. The van der Waals surface area contributed by atoms with Gasteiger partial charge >= 0.3 is 5.97 Å². The monoisotopic (exact) mass is 309 g/mol. The SMILES string of the molecule is CCCCCCCCCCCC(=O)O.Nc1ccc(O)cc1. The molecule has 0 aliphatic heterocycles. The summed E-state index contributed by atoms with van der Waals surface area (Å²) < 4.78 is 0. The number of aromatic hydroxyl groups is 1. The van der Waals surface area contributed by atoms with Gasteiger partial charge < -0.3 is 15.9 Å². The summed E-state index contributed by atoms with van der Waals surface area (Å²) in [5.74, 6) is -0.410. The number of hydrogen-bond donors (Lipinski definition) is 3. The molecule has 0 radical (unpaired) electrons. The lowest BCUT2D eigenvalue weighted by atomic mass is 10.1. The van der Waals surface area contributed by atoms with E-state index in [1.807, 2.05) is 0 Å². The first-order valence-electron chi connectivity index (χ1n) is 8.32. The Bertz CT molecular complexity index is 355. The summed E-state index contributed by atoms with van der Waals surface area (Å²) >= 11 is 0. The molecule has 0 saturated carbocycles. The summed E-state index contributed by atoms with van der Waals surface area (Å²) in [7, 11) is 0. The minimum Gasteiger partial charge on any atom is -0.508 e. The number of unbranched alkanes of at least 4 members (excludes halogenated alkanes) is 8. The maximum atomic E-state index is 10.2. The maximum Gasteiger partial charge on any atom is 0.303 e. The number of carboxylic acid groups (broad SMARTS) is 1. The van der Waals surface area contributed by atoms with Crippen LogP contribution in [0.4, 0.5) is 5.69 Å². The van der Waals surface area contributed by atoms with Crippen LogP contribution < -0.4 is 5.73 Å². The third-order valence-corrected chi connectivity index (χ3v) is 3.39. The summed E-state index contributed by atoms with van der Waals surface area (Å²) in [6.07, 6.45) is 11.5. The topological polar surface area (TPSA) is 83.5 Å². The molecule has 0 spiro atoms. The van der Waals surface area contributed by atoms with Gasteiger partial charge in [-0.2, -0.15) is 0 Å². The Kier molecular flexibility index (Phi) is 13.1. The van der Waals surface area contributed by atoms with Crippen molar-refractivity contribution < 1.29 is 15.0 Å². The standard InChI is InChI=1S/C12H24O2.C6H7NO/c1-2-3-4-5-6-7-8-9-10-11-12(13)14;7-5-1-3-6(8)4-2-5/h2-11H2,1H3,(H,13,14);1-4,8H,7H2. The van der Waals surface area contributed by atoms with E-state index in [4.69, 9.17) is 15.9 Å². The molecule has 126 valence electrons. The Morgan fingerprint density at radius 3 is 1.77 bits per heavy atom. The Balaban J connectivity index is 0.000000461. The van der Waals surface area contributed by atoms with E-state index in [-0.39, 0.29) is 5.75 Å². The number of carbonyl (C=O) groups is 1. The Hall–Kier alpha value is -1.71. The molecule has 0 aliphatic rings. The van der Waals surface area contributed by atoms with E-state index in [0.29, 0.717) is 12.1 Å². The van der Waals surface area contributed by atoms with E-state index in [0.717, 1.165) is 12.8 Å². The summed E-state index contributed by atoms with van der Waals surface area (Å²) in [5.41, 5.74) is 5.98. The van der Waals surface area contributed by atoms with Gasteiger partial charge in [0.15, 0.2) is 0 Å². The van der Waals surface area contributed by atoms with Gasteiger partial charge in [-0.1, -0.05) is 58.3 Å². The van der Waals surface area contributed by atoms with Gasteiger partial charge in [-0.25, -0.2) is 0 Å². The van der Waals surface area contributed by atoms with Crippen molar-refractivity contribution in [1.82, 2.24) is 0 Å². The van der Waals surface area contributed by atoms with E-state index in [1.165, 1.54) is 44.9 Å². The van der Waals surface area contributed by atoms with E-state index in [2.05, 4.69) is 6.92 Å². The molecule has 4 nitrogen and oxygen atoms in total. The van der Waals surface area contributed by atoms with E-state index in [9.17, 15) is 4.79 Å². The highest BCUT2D eigenvalue weighted by atomic mass is 16.4. The van der Waals surface area contributed by atoms with Crippen molar-refractivity contribution in [2.75, 3.05) is 5.73 Å². The molecule has 22 heavy (non-hydrogen) atoms. The van der Waals surface area contributed by atoms with Crippen LogP contribution in [0.2, 0.25) is 0 Å². The van der Waals surface area contributed by atoms with Gasteiger partial charge in [0.05, 0.1) is 0 Å². The first-order chi connectivity index (χ1) is 10.6. The highest BCUT2D eigenvalue weighted by molar-refractivity contribution is 5.66. The fourth-order valence-electron chi connectivity index (χ4n) is 2.06. The Labute approximate surface area is 134 Å². The van der Waals surface area contributed by atoms with Crippen LogP contribution >= 0.6 is 0 Å². The second-order valence-corrected chi connectivity index (χ2v) is 5.56. The summed E-state index contributed by atoms with van der Waals surface area (Å²) in [6.45, 7) is 2.23. The fourth-order valence-corrected chi connectivity index (χ4v) is 2.06. The van der Waals surface area contributed by atoms with Crippen LogP contribution in [0, 0.1) is 0 Å². The first kappa shape index (κ1) is 20.3. The molecule has 0 unspecified atom stereocenters. The third-order valence-electron chi connectivity index (χ3n) is 3.39. The number of benzene rings is 1. The number of hydrogen-bond acceptors (Lipinski definition) is 3. The van der Waals surface area contributed by atoms with Gasteiger partial charge in [-0.05, 0) is 30.7 Å². The minimum atomic E-state index is -0.659. The predicted molar refractivity (Wildman–Crippen MR) is 92.0 cm³/mol. The molecule has 0 bridgehead atoms. The number of nitrogen functional groups attached to an aromatic ring is 1. The molecule has 1 aromatic rings. The van der Waals surface area contributed by atoms with Crippen molar-refractivity contribution in [3.05, 3.63) is 24.3 Å². The molecule has 0 atom stereocenters. The zero-order valence-corrected chi connectivity index (χ0v) is 13.8. The van der Waals surface area contributed by atoms with Crippen molar-refractivity contribution in [2.45, 2.75) is 71.1 Å². The van der Waals surface area contributed by atoms with Crippen LogP contribution in [0.1, 0.15) is 71.1 Å². The van der Waals surface area contributed by atoms with Gasteiger partial charge in [0.2, 0.25) is 0 Å².